The number of aryl methyl sites for hydroxylation is 1. The third-order valence-corrected chi connectivity index (χ3v) is 13.4. The van der Waals surface area contributed by atoms with Gasteiger partial charge in [-0.1, -0.05) is 73.1 Å². The standard InChI is InChI=1S/C16H13FO4.C16H14O3.C15H13NO3.C14H10ClNO3/c1-20-14-4-2-3-10(16(14)17)15-8-12(19)11-7-9(18)5-6-13(11)21-15;1-10-15(18)13-9-12(17)7-8-14(13)19-16(10)11-5-3-2-4-6-11;1-9-2-3-10(8-16-9)15-7-13(18)12-6-11(17)4-5-14(12)19-15;15-14-4-1-8(7-16-14)13-6-11(18)10-5-9(17)2-3-12(10)19-13/h2-7,15,18H,8H2,1H3;2-10,16-17H,1H3;2-6,8,15,17H,7H2,1H3;1-5,7,13,17H,6H2. The highest BCUT2D eigenvalue weighted by Gasteiger charge is 2.36. The summed E-state index contributed by atoms with van der Waals surface area (Å²) in [6, 6.07) is 39.8. The molecule has 2 aromatic heterocycles. The Kier molecular flexibility index (Phi) is 16.0. The Morgan fingerprint density at radius 3 is 1.46 bits per heavy atom. The number of Topliss-reactive ketones (excluding diaryl/α,β-unsaturated/α-hetero) is 4. The second-order valence-electron chi connectivity index (χ2n) is 18.5. The van der Waals surface area contributed by atoms with Crippen molar-refractivity contribution in [3.05, 3.63) is 219 Å². The summed E-state index contributed by atoms with van der Waals surface area (Å²) >= 11 is 5.73. The zero-order chi connectivity index (χ0) is 55.2. The van der Waals surface area contributed by atoms with E-state index in [0.29, 0.717) is 50.4 Å². The molecular formula is C61H50ClFN2O13. The van der Waals surface area contributed by atoms with Gasteiger partial charge in [0.1, 0.15) is 75.6 Å². The van der Waals surface area contributed by atoms with Gasteiger partial charge in [0.05, 0.1) is 54.5 Å². The smallest absolute Gasteiger partial charge is 0.173 e. The van der Waals surface area contributed by atoms with Crippen molar-refractivity contribution >= 4 is 34.7 Å². The van der Waals surface area contributed by atoms with E-state index in [1.165, 1.54) is 67.8 Å². The number of fused-ring (bicyclic) bond motifs is 4. The third-order valence-electron chi connectivity index (χ3n) is 13.2. The summed E-state index contributed by atoms with van der Waals surface area (Å²) in [6.07, 6.45) is 2.19. The van der Waals surface area contributed by atoms with Gasteiger partial charge in [0.2, 0.25) is 0 Å². The van der Waals surface area contributed by atoms with E-state index in [9.17, 15) is 44.0 Å². The molecule has 5 unspecified atom stereocenters. The van der Waals surface area contributed by atoms with Crippen molar-refractivity contribution in [3.8, 4) is 51.7 Å². The lowest BCUT2D eigenvalue weighted by molar-refractivity contribution is 0.0688. The Bertz CT molecular complexity index is 3430. The van der Waals surface area contributed by atoms with E-state index < -0.39 is 11.9 Å². The number of hydrogen-bond donors (Lipinski definition) is 4. The van der Waals surface area contributed by atoms with Crippen molar-refractivity contribution in [2.45, 2.75) is 57.5 Å². The molecule has 4 N–H and O–H groups in total. The Morgan fingerprint density at radius 1 is 0.526 bits per heavy atom. The maximum absolute atomic E-state index is 14.3. The van der Waals surface area contributed by atoms with Gasteiger partial charge in [-0.2, -0.15) is 0 Å². The summed E-state index contributed by atoms with van der Waals surface area (Å²) in [6.45, 7) is 3.77. The first-order chi connectivity index (χ1) is 37.5. The molecule has 396 valence electrons. The second kappa shape index (κ2) is 23.3. The minimum Gasteiger partial charge on any atom is -0.508 e. The van der Waals surface area contributed by atoms with E-state index in [0.717, 1.165) is 22.4 Å². The number of aromatic nitrogens is 2. The molecule has 17 heteroatoms. The molecule has 78 heavy (non-hydrogen) atoms. The number of halogens is 2. The lowest BCUT2D eigenvalue weighted by Crippen LogP contribution is -2.29. The van der Waals surface area contributed by atoms with Crippen LogP contribution in [0.3, 0.4) is 0 Å². The van der Waals surface area contributed by atoms with Crippen molar-refractivity contribution in [2.24, 2.45) is 5.92 Å². The Balaban J connectivity index is 0.000000127. The predicted molar refractivity (Wildman–Crippen MR) is 284 cm³/mol. The number of methoxy groups -OCH3 is 1. The van der Waals surface area contributed by atoms with Crippen LogP contribution in [0.5, 0.6) is 51.7 Å². The number of ether oxygens (including phenoxy) is 5. The summed E-state index contributed by atoms with van der Waals surface area (Å²) in [5.41, 5.74) is 5.51. The Morgan fingerprint density at radius 2 is 0.987 bits per heavy atom. The van der Waals surface area contributed by atoms with E-state index in [2.05, 4.69) is 9.97 Å². The molecule has 6 heterocycles. The van der Waals surface area contributed by atoms with Crippen LogP contribution in [0.1, 0.15) is 120 Å². The molecule has 6 aromatic carbocycles. The molecule has 0 radical (unpaired) electrons. The molecule has 0 spiro atoms. The van der Waals surface area contributed by atoms with Crippen LogP contribution in [-0.2, 0) is 0 Å². The predicted octanol–water partition coefficient (Wildman–Crippen LogP) is 12.5. The van der Waals surface area contributed by atoms with Crippen LogP contribution in [0.25, 0.3) is 0 Å². The van der Waals surface area contributed by atoms with Gasteiger partial charge < -0.3 is 44.1 Å². The minimum absolute atomic E-state index is 0.00305. The zero-order valence-corrected chi connectivity index (χ0v) is 42.9. The van der Waals surface area contributed by atoms with Crippen LogP contribution >= 0.6 is 11.6 Å². The number of carbonyl (C=O) groups excluding carboxylic acids is 4. The largest absolute Gasteiger partial charge is 0.508 e. The molecule has 0 saturated heterocycles. The monoisotopic (exact) mass is 1070 g/mol. The first-order valence-electron chi connectivity index (χ1n) is 24.6. The van der Waals surface area contributed by atoms with Gasteiger partial charge in [0.25, 0.3) is 0 Å². The molecule has 4 aliphatic rings. The molecule has 12 rings (SSSR count). The molecule has 0 amide bonds. The summed E-state index contributed by atoms with van der Waals surface area (Å²) in [7, 11) is 1.38. The van der Waals surface area contributed by atoms with E-state index in [-0.39, 0.29) is 101 Å². The normalized spacial score (nSPS) is 18.5. The summed E-state index contributed by atoms with van der Waals surface area (Å²) in [5.74, 6) is 1.13. The van der Waals surface area contributed by atoms with E-state index in [1.807, 2.05) is 56.3 Å². The molecular weight excluding hydrogens is 1020 g/mol. The number of hydrogen-bond acceptors (Lipinski definition) is 15. The van der Waals surface area contributed by atoms with Crippen LogP contribution in [0, 0.1) is 18.7 Å². The van der Waals surface area contributed by atoms with Crippen LogP contribution in [0.15, 0.2) is 158 Å². The lowest BCUT2D eigenvalue weighted by Gasteiger charge is -2.30. The van der Waals surface area contributed by atoms with E-state index in [1.54, 1.807) is 54.9 Å². The third kappa shape index (κ3) is 12.0. The number of benzene rings is 6. The molecule has 0 fully saturated rings. The lowest BCUT2D eigenvalue weighted by atomic mass is 9.87. The molecule has 0 saturated carbocycles. The molecule has 15 nitrogen and oxygen atoms in total. The van der Waals surface area contributed by atoms with E-state index in [4.69, 9.17) is 35.3 Å². The zero-order valence-electron chi connectivity index (χ0n) is 42.1. The number of aromatic hydroxyl groups is 4. The van der Waals surface area contributed by atoms with Gasteiger partial charge in [0.15, 0.2) is 34.7 Å². The van der Waals surface area contributed by atoms with Gasteiger partial charge in [-0.05, 0) is 103 Å². The number of phenolic OH excluding ortho intramolecular Hbond substituents is 4. The number of ketones is 4. The van der Waals surface area contributed by atoms with Crippen molar-refractivity contribution in [3.63, 3.8) is 0 Å². The van der Waals surface area contributed by atoms with Crippen molar-refractivity contribution in [2.75, 3.05) is 7.11 Å². The summed E-state index contributed by atoms with van der Waals surface area (Å²) < 4.78 is 42.4. The molecule has 8 aromatic rings. The van der Waals surface area contributed by atoms with Gasteiger partial charge in [0, 0.05) is 34.8 Å². The van der Waals surface area contributed by atoms with Gasteiger partial charge in [-0.3, -0.25) is 24.2 Å². The van der Waals surface area contributed by atoms with Gasteiger partial charge in [-0.15, -0.1) is 0 Å². The highest BCUT2D eigenvalue weighted by Crippen LogP contribution is 2.42. The van der Waals surface area contributed by atoms with Crippen molar-refractivity contribution < 1.29 is 67.7 Å². The molecule has 4 aliphatic heterocycles. The summed E-state index contributed by atoms with van der Waals surface area (Å²) in [4.78, 5) is 56.8. The number of carbonyl (C=O) groups is 4. The van der Waals surface area contributed by atoms with Gasteiger partial charge >= 0.3 is 0 Å². The topological polar surface area (TPSA) is 221 Å². The van der Waals surface area contributed by atoms with Crippen LogP contribution in [0.4, 0.5) is 4.39 Å². The van der Waals surface area contributed by atoms with Gasteiger partial charge in [-0.25, -0.2) is 9.37 Å². The number of pyridine rings is 2. The second-order valence-corrected chi connectivity index (χ2v) is 18.9. The fourth-order valence-electron chi connectivity index (χ4n) is 9.10. The highest BCUT2D eigenvalue weighted by atomic mass is 35.5. The number of nitrogens with zero attached hydrogens (tertiary/aromatic N) is 2. The Hall–Kier alpha value is -9.28. The Labute approximate surface area is 452 Å². The average Bonchev–Trinajstić information content (AvgIpc) is 3.52. The number of rotatable bonds is 5. The fourth-order valence-corrected chi connectivity index (χ4v) is 9.21. The molecule has 0 aliphatic carbocycles. The number of phenols is 4. The van der Waals surface area contributed by atoms with Crippen molar-refractivity contribution in [1.82, 2.24) is 9.97 Å². The average molecular weight is 1070 g/mol. The van der Waals surface area contributed by atoms with Crippen molar-refractivity contribution in [1.29, 1.82) is 0 Å². The first-order valence-corrected chi connectivity index (χ1v) is 24.9. The quantitative estimate of drug-likeness (QED) is 0.118. The van der Waals surface area contributed by atoms with Crippen LogP contribution in [0.2, 0.25) is 5.15 Å². The van der Waals surface area contributed by atoms with E-state index >= 15 is 0 Å². The molecule has 5 atom stereocenters. The first kappa shape index (κ1) is 53.5. The maximum atomic E-state index is 14.3. The fraction of sp³-hybridized carbons (Fsp3) is 0.180. The van der Waals surface area contributed by atoms with Crippen LogP contribution in [-0.4, -0.2) is 60.6 Å². The molecule has 0 bridgehead atoms. The highest BCUT2D eigenvalue weighted by molar-refractivity contribution is 6.29. The minimum atomic E-state index is -0.704. The maximum Gasteiger partial charge on any atom is 0.173 e. The SMILES string of the molecule is CC1C(=O)c2cc(O)ccc2OC1c1ccccc1.COc1cccc(C2CC(=O)c3cc(O)ccc3O2)c1F.Cc1ccc(C2CC(=O)c3cc(O)ccc3O2)cn1.O=C1CC(c2ccc(Cl)nc2)Oc2ccc(O)cc21. The van der Waals surface area contributed by atoms with Crippen LogP contribution < -0.4 is 23.7 Å². The summed E-state index contributed by atoms with van der Waals surface area (Å²) in [5, 5.41) is 38.1.